The van der Waals surface area contributed by atoms with Crippen molar-refractivity contribution in [3.05, 3.63) is 0 Å². The highest BCUT2D eigenvalue weighted by atomic mass is 32.2. The molecule has 0 aromatic carbocycles. The molecule has 3 nitrogen and oxygen atoms in total. The molecule has 0 aromatic rings. The molecule has 6 heavy (non-hydrogen) atoms. The van der Waals surface area contributed by atoms with Crippen LogP contribution < -0.4 is 0 Å². The topological polar surface area (TPSA) is 43.4 Å². The van der Waals surface area contributed by atoms with Crippen molar-refractivity contribution in [1.82, 2.24) is 0 Å². The minimum Gasteiger partial charge on any atom is -0.283 e. The summed E-state index contributed by atoms with van der Waals surface area (Å²) in [7, 11) is -1.05. The minimum absolute atomic E-state index is 0.993. The molecule has 0 bridgehead atoms. The van der Waals surface area contributed by atoms with Gasteiger partial charge < -0.3 is 0 Å². The van der Waals surface area contributed by atoms with Crippen LogP contribution in [0.4, 0.5) is 0 Å². The summed E-state index contributed by atoms with van der Waals surface area (Å²) in [5, 5.41) is 0. The average molecular weight is 108 g/mol. The third-order valence-corrected chi connectivity index (χ3v) is 0.908. The second-order valence-corrected chi connectivity index (χ2v) is 2.61. The molecule has 0 rings (SSSR count). The molecule has 0 radical (unpaired) electrons. The first-order chi connectivity index (χ1) is 2.56. The molecule has 0 spiro atoms. The molecule has 0 aliphatic heterocycles. The molecule has 0 atom stereocenters. The molecule has 0 unspecified atom stereocenters. The summed E-state index contributed by atoms with van der Waals surface area (Å²) < 4.78 is 23.5. The van der Waals surface area contributed by atoms with Crippen molar-refractivity contribution in [2.24, 2.45) is 0 Å². The van der Waals surface area contributed by atoms with Crippen LogP contribution in [0.2, 0.25) is 0 Å². The zero-order chi connectivity index (χ0) is 5.21. The first-order valence-corrected chi connectivity index (χ1v) is 3.13. The lowest BCUT2D eigenvalue weighted by molar-refractivity contribution is 0.412. The number of hydrogen-bond donors (Lipinski definition) is 0. The molecule has 5 heteroatoms. The van der Waals surface area contributed by atoms with Gasteiger partial charge in [0.2, 0.25) is 9.97 Å². The van der Waals surface area contributed by atoms with E-state index in [1.807, 2.05) is 0 Å². The minimum atomic E-state index is -3.16. The fourth-order valence-corrected chi connectivity index (χ4v) is 0. The predicted molar refractivity (Wildman–Crippen MR) is 24.5 cm³/mol. The lowest BCUT2D eigenvalue weighted by Crippen LogP contribution is -1.98. The van der Waals surface area contributed by atoms with Gasteiger partial charge in [-0.25, -0.2) is 8.42 Å². The summed E-state index contributed by atoms with van der Waals surface area (Å²) in [4.78, 5) is 0. The van der Waals surface area contributed by atoms with Crippen molar-refractivity contribution in [3.8, 4) is 0 Å². The van der Waals surface area contributed by atoms with Crippen LogP contribution in [0.5, 0.6) is 0 Å². The summed E-state index contributed by atoms with van der Waals surface area (Å²) in [5.74, 6) is 0. The fraction of sp³-hybridized carbons (Fsp3) is 1.00. The maximum absolute atomic E-state index is 9.78. The van der Waals surface area contributed by atoms with E-state index < -0.39 is 9.97 Å². The third kappa shape index (κ3) is 3.97. The quantitative estimate of drug-likeness (QED) is 0.384. The van der Waals surface area contributed by atoms with E-state index in [-0.39, 0.29) is 0 Å². The Morgan fingerprint density at radius 2 is 1.83 bits per heavy atom. The molecular weight excluding hydrogens is 103 g/mol. The van der Waals surface area contributed by atoms with E-state index in [0.29, 0.717) is 0 Å². The van der Waals surface area contributed by atoms with E-state index in [4.69, 9.17) is 0 Å². The van der Waals surface area contributed by atoms with Gasteiger partial charge in [-0.15, -0.1) is 0 Å². The zero-order valence-electron chi connectivity index (χ0n) is 3.63. The van der Waals surface area contributed by atoms with Crippen LogP contribution in [0.15, 0.2) is 0 Å². The van der Waals surface area contributed by atoms with Crippen molar-refractivity contribution < 1.29 is 12.6 Å². The molecule has 0 heterocycles. The van der Waals surface area contributed by atoms with Gasteiger partial charge in [0.1, 0.15) is 0 Å². The van der Waals surface area contributed by atoms with E-state index >= 15 is 0 Å². The summed E-state index contributed by atoms with van der Waals surface area (Å²) in [6.45, 7) is 0. The van der Waals surface area contributed by atoms with Gasteiger partial charge in [0, 0.05) is 0 Å². The van der Waals surface area contributed by atoms with Crippen LogP contribution in [-0.2, 0) is 14.2 Å². The third-order valence-electron chi connectivity index (χ3n) is 0.303. The summed E-state index contributed by atoms with van der Waals surface area (Å²) in [5.41, 5.74) is 0. The first kappa shape index (κ1) is 5.97. The molecule has 0 saturated carbocycles. The second-order valence-electron chi connectivity index (χ2n) is 0.871. The lowest BCUT2D eigenvalue weighted by atomic mass is 10.8. The van der Waals surface area contributed by atoms with Gasteiger partial charge >= 0.3 is 0 Å². The highest BCUT2D eigenvalue weighted by Crippen LogP contribution is 1.73. The lowest BCUT2D eigenvalue weighted by Gasteiger charge is -1.84. The Bertz CT molecular complexity index is 113. The van der Waals surface area contributed by atoms with Crippen molar-refractivity contribution in [3.63, 3.8) is 0 Å². The number of hydrogen-bond acceptors (Lipinski definition) is 3. The molecule has 0 saturated heterocycles. The van der Waals surface area contributed by atoms with E-state index in [9.17, 15) is 8.42 Å². The van der Waals surface area contributed by atoms with Gasteiger partial charge in [0.05, 0.1) is 7.11 Å². The first-order valence-electron chi connectivity index (χ1n) is 1.32. The van der Waals surface area contributed by atoms with Crippen LogP contribution in [-0.4, -0.2) is 22.7 Å². The average Bonchev–Trinajstić information content (AvgIpc) is 1.35. The Hall–Kier alpha value is -0.0251. The van der Waals surface area contributed by atoms with Gasteiger partial charge in [0.25, 0.3) is 7.12 Å². The molecule has 0 aliphatic rings. The zero-order valence-corrected chi connectivity index (χ0v) is 4.45. The largest absolute Gasteiger partial charge is 0.291 e. The van der Waals surface area contributed by atoms with Crippen LogP contribution in [0.1, 0.15) is 0 Å². The van der Waals surface area contributed by atoms with E-state index in [2.05, 4.69) is 4.18 Å². The standard InChI is InChI=1S/CH5BO3S/c1-5-6(2,3)4/h2H2,1H3. The van der Waals surface area contributed by atoms with E-state index in [0.717, 1.165) is 14.2 Å². The molecular formula is CH5BO3S. The molecule has 0 aliphatic carbocycles. The monoisotopic (exact) mass is 108 g/mol. The Labute approximate surface area is 37.7 Å². The Balaban J connectivity index is 3.85. The van der Waals surface area contributed by atoms with Gasteiger partial charge in [-0.05, 0) is 0 Å². The van der Waals surface area contributed by atoms with Gasteiger partial charge in [-0.1, -0.05) is 0 Å². The highest BCUT2D eigenvalue weighted by Gasteiger charge is 1.91. The van der Waals surface area contributed by atoms with Crippen LogP contribution in [0.3, 0.4) is 0 Å². The van der Waals surface area contributed by atoms with Gasteiger partial charge in [0.15, 0.2) is 0 Å². The van der Waals surface area contributed by atoms with Crippen LogP contribution >= 0.6 is 0 Å². The summed E-state index contributed by atoms with van der Waals surface area (Å²) in [6.07, 6.45) is 0. The Morgan fingerprint density at radius 3 is 1.83 bits per heavy atom. The Morgan fingerprint density at radius 1 is 1.67 bits per heavy atom. The SMILES string of the molecule is BS(=O)(=O)OC. The highest BCUT2D eigenvalue weighted by molar-refractivity contribution is 8.08. The normalized spacial score (nSPS) is 11.5. The smallest absolute Gasteiger partial charge is 0.283 e. The van der Waals surface area contributed by atoms with E-state index in [1.165, 1.54) is 0 Å². The summed E-state index contributed by atoms with van der Waals surface area (Å²) >= 11 is 0. The van der Waals surface area contributed by atoms with Gasteiger partial charge in [-0.3, -0.25) is 4.18 Å². The number of rotatable bonds is 1. The van der Waals surface area contributed by atoms with Crippen molar-refractivity contribution in [2.45, 2.75) is 0 Å². The van der Waals surface area contributed by atoms with Crippen molar-refractivity contribution in [1.29, 1.82) is 0 Å². The second kappa shape index (κ2) is 1.62. The molecule has 0 fully saturated rings. The molecule has 0 aromatic heterocycles. The van der Waals surface area contributed by atoms with Crippen LogP contribution in [0, 0.1) is 0 Å². The predicted octanol–water partition coefficient (Wildman–Crippen LogP) is -1.49. The molecule has 36 valence electrons. The molecule has 0 amide bonds. The van der Waals surface area contributed by atoms with Crippen molar-refractivity contribution >= 4 is 17.1 Å². The van der Waals surface area contributed by atoms with Crippen molar-refractivity contribution in [2.75, 3.05) is 7.11 Å². The fourth-order valence-electron chi connectivity index (χ4n) is 0. The van der Waals surface area contributed by atoms with Crippen LogP contribution in [0.25, 0.3) is 0 Å². The van der Waals surface area contributed by atoms with Gasteiger partial charge in [-0.2, -0.15) is 0 Å². The van der Waals surface area contributed by atoms with E-state index in [1.54, 1.807) is 0 Å². The maximum Gasteiger partial charge on any atom is 0.291 e. The molecule has 0 N–H and O–H groups in total. The Kier molecular flexibility index (Phi) is 1.61. The summed E-state index contributed by atoms with van der Waals surface area (Å²) in [6, 6.07) is 0. The maximum atomic E-state index is 9.78.